The van der Waals surface area contributed by atoms with Gasteiger partial charge in [-0.05, 0) is 25.0 Å². The van der Waals surface area contributed by atoms with Crippen LogP contribution in [0.5, 0.6) is 0 Å². The van der Waals surface area contributed by atoms with Gasteiger partial charge in [-0.15, -0.1) is 0 Å². The minimum Gasteiger partial charge on any atom is -0.396 e. The van der Waals surface area contributed by atoms with E-state index in [1.807, 2.05) is 36.9 Å². The Morgan fingerprint density at radius 2 is 2.00 bits per heavy atom. The number of aromatic nitrogens is 1. The first-order valence-electron chi connectivity index (χ1n) is 7.93. The van der Waals surface area contributed by atoms with Crippen LogP contribution in [0.15, 0.2) is 42.7 Å². The largest absolute Gasteiger partial charge is 0.396 e. The molecule has 0 radical (unpaired) electrons. The van der Waals surface area contributed by atoms with Gasteiger partial charge < -0.3 is 10.0 Å². The van der Waals surface area contributed by atoms with Crippen molar-refractivity contribution in [1.82, 2.24) is 9.88 Å². The van der Waals surface area contributed by atoms with Gasteiger partial charge in [-0.2, -0.15) is 0 Å². The molecule has 120 valence electrons. The average molecular weight is 310 g/mol. The van der Waals surface area contributed by atoms with E-state index in [-0.39, 0.29) is 17.9 Å². The molecule has 1 N–H and O–H groups in total. The third kappa shape index (κ3) is 3.27. The number of likely N-dealkylation sites (tertiary alicyclic amines) is 1. The number of carbonyl (C=O) groups is 1. The summed E-state index contributed by atoms with van der Waals surface area (Å²) in [6.07, 6.45) is 4.23. The molecule has 0 bridgehead atoms. The maximum Gasteiger partial charge on any atom is 0.255 e. The maximum atomic E-state index is 12.7. The molecule has 1 aliphatic heterocycles. The zero-order valence-electron chi connectivity index (χ0n) is 13.6. The monoisotopic (exact) mass is 310 g/mol. The second kappa shape index (κ2) is 6.13. The van der Waals surface area contributed by atoms with Crippen LogP contribution >= 0.6 is 0 Å². The molecular formula is C19H22N2O2. The first-order valence-corrected chi connectivity index (χ1v) is 7.93. The van der Waals surface area contributed by atoms with Gasteiger partial charge in [-0.3, -0.25) is 9.78 Å². The van der Waals surface area contributed by atoms with Crippen LogP contribution in [0.1, 0.15) is 29.3 Å². The lowest BCUT2D eigenvalue weighted by Crippen LogP contribution is -2.32. The summed E-state index contributed by atoms with van der Waals surface area (Å²) in [5, 5.41) is 9.46. The van der Waals surface area contributed by atoms with Crippen molar-refractivity contribution in [1.29, 1.82) is 0 Å². The first-order chi connectivity index (χ1) is 11.0. The van der Waals surface area contributed by atoms with Gasteiger partial charge >= 0.3 is 0 Å². The quantitative estimate of drug-likeness (QED) is 0.948. The molecule has 1 saturated heterocycles. The zero-order valence-corrected chi connectivity index (χ0v) is 13.6. The number of hydrogen-bond donors (Lipinski definition) is 1. The standard InChI is InChI=1S/C19H22N2O2/c1-14-3-5-15(6-4-14)16-9-17(11-20-10-16)18(23)21-8-7-19(2,12-21)13-22/h3-6,9-11,22H,7-8,12-13H2,1-2H3. The topological polar surface area (TPSA) is 53.4 Å². The Kier molecular flexibility index (Phi) is 4.18. The van der Waals surface area contributed by atoms with Gasteiger partial charge in [0.1, 0.15) is 0 Å². The SMILES string of the molecule is Cc1ccc(-c2cncc(C(=O)N3CCC(C)(CO)C3)c2)cc1. The van der Waals surface area contributed by atoms with Crippen LogP contribution < -0.4 is 0 Å². The van der Waals surface area contributed by atoms with E-state index in [2.05, 4.69) is 17.1 Å². The number of aliphatic hydroxyl groups is 1. The Balaban J connectivity index is 1.82. The van der Waals surface area contributed by atoms with Crippen LogP contribution in [0.2, 0.25) is 0 Å². The highest BCUT2D eigenvalue weighted by molar-refractivity contribution is 5.95. The Morgan fingerprint density at radius 1 is 1.26 bits per heavy atom. The zero-order chi connectivity index (χ0) is 16.4. The van der Waals surface area contributed by atoms with E-state index in [1.165, 1.54) is 5.56 Å². The molecule has 1 atom stereocenters. The molecular weight excluding hydrogens is 288 g/mol. The van der Waals surface area contributed by atoms with Crippen molar-refractivity contribution < 1.29 is 9.90 Å². The number of hydrogen-bond acceptors (Lipinski definition) is 3. The number of nitrogens with zero attached hydrogens (tertiary/aromatic N) is 2. The Morgan fingerprint density at radius 3 is 2.65 bits per heavy atom. The Hall–Kier alpha value is -2.20. The molecule has 0 saturated carbocycles. The summed E-state index contributed by atoms with van der Waals surface area (Å²) < 4.78 is 0. The van der Waals surface area contributed by atoms with Crippen molar-refractivity contribution in [3.05, 3.63) is 53.9 Å². The van der Waals surface area contributed by atoms with Crippen LogP contribution in [0.25, 0.3) is 11.1 Å². The highest BCUT2D eigenvalue weighted by Crippen LogP contribution is 2.30. The van der Waals surface area contributed by atoms with Crippen molar-refractivity contribution in [3.8, 4) is 11.1 Å². The van der Waals surface area contributed by atoms with Crippen molar-refractivity contribution in [2.45, 2.75) is 20.3 Å². The van der Waals surface area contributed by atoms with E-state index < -0.39 is 0 Å². The molecule has 1 aromatic carbocycles. The smallest absolute Gasteiger partial charge is 0.255 e. The number of pyridine rings is 1. The first kappa shape index (κ1) is 15.7. The fourth-order valence-electron chi connectivity index (χ4n) is 2.97. The van der Waals surface area contributed by atoms with Crippen molar-refractivity contribution in [2.24, 2.45) is 5.41 Å². The molecule has 2 heterocycles. The van der Waals surface area contributed by atoms with E-state index in [4.69, 9.17) is 0 Å². The van der Waals surface area contributed by atoms with Gasteiger partial charge in [-0.25, -0.2) is 0 Å². The molecule has 0 spiro atoms. The molecule has 1 aromatic heterocycles. The molecule has 1 amide bonds. The van der Waals surface area contributed by atoms with E-state index in [0.717, 1.165) is 17.5 Å². The lowest BCUT2D eigenvalue weighted by molar-refractivity contribution is 0.0753. The van der Waals surface area contributed by atoms with Crippen molar-refractivity contribution >= 4 is 5.91 Å². The summed E-state index contributed by atoms with van der Waals surface area (Å²) >= 11 is 0. The van der Waals surface area contributed by atoms with Crippen LogP contribution in [0.3, 0.4) is 0 Å². The van der Waals surface area contributed by atoms with Gasteiger partial charge in [0.2, 0.25) is 0 Å². The van der Waals surface area contributed by atoms with Crippen LogP contribution in [0, 0.1) is 12.3 Å². The highest BCUT2D eigenvalue weighted by atomic mass is 16.3. The lowest BCUT2D eigenvalue weighted by atomic mass is 9.91. The normalized spacial score (nSPS) is 20.7. The Labute approximate surface area is 136 Å². The van der Waals surface area contributed by atoms with Crippen LogP contribution in [-0.2, 0) is 0 Å². The summed E-state index contributed by atoms with van der Waals surface area (Å²) in [7, 11) is 0. The van der Waals surface area contributed by atoms with E-state index >= 15 is 0 Å². The fraction of sp³-hybridized carbons (Fsp3) is 0.368. The number of rotatable bonds is 3. The predicted molar refractivity (Wildman–Crippen MR) is 90.1 cm³/mol. The summed E-state index contributed by atoms with van der Waals surface area (Å²) in [6.45, 7) is 5.45. The molecule has 2 aromatic rings. The summed E-state index contributed by atoms with van der Waals surface area (Å²) in [5.41, 5.74) is 3.62. The minimum absolute atomic E-state index is 0.0105. The summed E-state index contributed by atoms with van der Waals surface area (Å²) in [5.74, 6) is -0.0105. The third-order valence-corrected chi connectivity index (χ3v) is 4.60. The van der Waals surface area contributed by atoms with E-state index in [1.54, 1.807) is 12.4 Å². The van der Waals surface area contributed by atoms with Gasteiger partial charge in [-0.1, -0.05) is 36.8 Å². The third-order valence-electron chi connectivity index (χ3n) is 4.60. The Bertz CT molecular complexity index is 712. The molecule has 1 fully saturated rings. The fourth-order valence-corrected chi connectivity index (χ4v) is 2.97. The lowest BCUT2D eigenvalue weighted by Gasteiger charge is -2.22. The van der Waals surface area contributed by atoms with Gasteiger partial charge in [0.05, 0.1) is 12.2 Å². The molecule has 3 rings (SSSR count). The van der Waals surface area contributed by atoms with Crippen molar-refractivity contribution in [3.63, 3.8) is 0 Å². The number of carbonyl (C=O) groups excluding carboxylic acids is 1. The highest BCUT2D eigenvalue weighted by Gasteiger charge is 2.35. The molecule has 4 heteroatoms. The molecule has 4 nitrogen and oxygen atoms in total. The second-order valence-corrected chi connectivity index (χ2v) is 6.77. The number of aryl methyl sites for hydroxylation is 1. The van der Waals surface area contributed by atoms with Crippen LogP contribution in [0.4, 0.5) is 0 Å². The second-order valence-electron chi connectivity index (χ2n) is 6.77. The van der Waals surface area contributed by atoms with E-state index in [9.17, 15) is 9.90 Å². The molecule has 1 aliphatic rings. The minimum atomic E-state index is -0.183. The van der Waals surface area contributed by atoms with Gasteiger partial charge in [0.15, 0.2) is 0 Å². The summed E-state index contributed by atoms with van der Waals surface area (Å²) in [6, 6.07) is 10.1. The number of benzene rings is 1. The predicted octanol–water partition coefficient (Wildman–Crippen LogP) is 2.90. The van der Waals surface area contributed by atoms with Crippen LogP contribution in [-0.4, -0.2) is 40.6 Å². The number of amides is 1. The molecule has 1 unspecified atom stereocenters. The van der Waals surface area contributed by atoms with Gasteiger partial charge in [0, 0.05) is 36.5 Å². The summed E-state index contributed by atoms with van der Waals surface area (Å²) in [4.78, 5) is 18.7. The van der Waals surface area contributed by atoms with Gasteiger partial charge in [0.25, 0.3) is 5.91 Å². The van der Waals surface area contributed by atoms with E-state index in [0.29, 0.717) is 18.7 Å². The molecule has 0 aliphatic carbocycles. The maximum absolute atomic E-state index is 12.7. The number of aliphatic hydroxyl groups excluding tert-OH is 1. The molecule has 23 heavy (non-hydrogen) atoms. The average Bonchev–Trinajstić information content (AvgIpc) is 2.98. The van der Waals surface area contributed by atoms with Crippen molar-refractivity contribution in [2.75, 3.05) is 19.7 Å².